The summed E-state index contributed by atoms with van der Waals surface area (Å²) in [7, 11) is 0. The molecular weight excluding hydrogens is 400 g/mol. The summed E-state index contributed by atoms with van der Waals surface area (Å²) in [5.74, 6) is 3.27. The molecule has 1 aromatic carbocycles. The molecule has 2 heteroatoms. The standard InChI is InChI=1S/C31H46N2/c1-3-5-6-7-8-9-25-12-14-26(15-13-25)27-18-20-29(21-19-27)31-23-22-30(32-33-31)28-16-10-24(4-2)11-17-28/h18-26,28H,3-17H2,1-2H3/t24-,25-,26-,28-. The first-order chi connectivity index (χ1) is 16.3. The van der Waals surface area contributed by atoms with Gasteiger partial charge in [0.2, 0.25) is 0 Å². The summed E-state index contributed by atoms with van der Waals surface area (Å²) in [6.07, 6.45) is 20.7. The van der Waals surface area contributed by atoms with Crippen LogP contribution in [0.25, 0.3) is 11.3 Å². The molecule has 33 heavy (non-hydrogen) atoms. The molecule has 2 nitrogen and oxygen atoms in total. The molecule has 0 bridgehead atoms. The summed E-state index contributed by atoms with van der Waals surface area (Å²) in [6.45, 7) is 4.63. The van der Waals surface area contributed by atoms with E-state index >= 15 is 0 Å². The zero-order chi connectivity index (χ0) is 22.9. The van der Waals surface area contributed by atoms with Gasteiger partial charge < -0.3 is 0 Å². The molecule has 0 spiro atoms. The van der Waals surface area contributed by atoms with E-state index in [-0.39, 0.29) is 0 Å². The molecule has 0 amide bonds. The average Bonchev–Trinajstić information content (AvgIpc) is 2.89. The van der Waals surface area contributed by atoms with Crippen LogP contribution in [-0.4, -0.2) is 10.2 Å². The summed E-state index contributed by atoms with van der Waals surface area (Å²) in [6, 6.07) is 13.7. The van der Waals surface area contributed by atoms with Gasteiger partial charge in [-0.25, -0.2) is 0 Å². The van der Waals surface area contributed by atoms with Crippen molar-refractivity contribution in [3.63, 3.8) is 0 Å². The number of hydrogen-bond donors (Lipinski definition) is 0. The van der Waals surface area contributed by atoms with Gasteiger partial charge >= 0.3 is 0 Å². The quantitative estimate of drug-likeness (QED) is 0.340. The van der Waals surface area contributed by atoms with E-state index in [1.807, 2.05) is 0 Å². The van der Waals surface area contributed by atoms with Crippen molar-refractivity contribution in [2.45, 2.75) is 122 Å². The summed E-state index contributed by atoms with van der Waals surface area (Å²) in [5, 5.41) is 9.25. The number of aromatic nitrogens is 2. The maximum atomic E-state index is 4.64. The second-order valence-electron chi connectivity index (χ2n) is 11.0. The lowest BCUT2D eigenvalue weighted by Gasteiger charge is -2.29. The van der Waals surface area contributed by atoms with Gasteiger partial charge in [-0.3, -0.25) is 0 Å². The Kier molecular flexibility index (Phi) is 9.38. The van der Waals surface area contributed by atoms with E-state index in [4.69, 9.17) is 0 Å². The lowest BCUT2D eigenvalue weighted by molar-refractivity contribution is 0.302. The van der Waals surface area contributed by atoms with Crippen LogP contribution in [0.2, 0.25) is 0 Å². The van der Waals surface area contributed by atoms with Crippen LogP contribution in [0.5, 0.6) is 0 Å². The summed E-state index contributed by atoms with van der Waals surface area (Å²) in [5.41, 5.74) is 4.94. The summed E-state index contributed by atoms with van der Waals surface area (Å²) >= 11 is 0. The largest absolute Gasteiger partial charge is 0.155 e. The van der Waals surface area contributed by atoms with Crippen molar-refractivity contribution in [2.75, 3.05) is 0 Å². The van der Waals surface area contributed by atoms with Gasteiger partial charge in [-0.05, 0) is 86.8 Å². The molecule has 0 radical (unpaired) electrons. The van der Waals surface area contributed by atoms with E-state index in [9.17, 15) is 0 Å². The Labute approximate surface area is 203 Å². The summed E-state index contributed by atoms with van der Waals surface area (Å²) < 4.78 is 0. The molecule has 2 aliphatic rings. The SMILES string of the molecule is CCCCCCC[C@H]1CC[C@H](c2ccc(-c3ccc([C@H]4CC[C@H](CC)CC4)nn3)cc2)CC1. The number of unbranched alkanes of at least 4 members (excludes halogenated alkanes) is 4. The van der Waals surface area contributed by atoms with Crippen molar-refractivity contribution in [3.8, 4) is 11.3 Å². The minimum Gasteiger partial charge on any atom is -0.155 e. The average molecular weight is 447 g/mol. The van der Waals surface area contributed by atoms with Crippen LogP contribution in [0.3, 0.4) is 0 Å². The first kappa shape index (κ1) is 24.4. The van der Waals surface area contributed by atoms with Crippen LogP contribution in [0.4, 0.5) is 0 Å². The Morgan fingerprint density at radius 3 is 1.94 bits per heavy atom. The van der Waals surface area contributed by atoms with Gasteiger partial charge in [-0.2, -0.15) is 10.2 Å². The highest BCUT2D eigenvalue weighted by molar-refractivity contribution is 5.59. The monoisotopic (exact) mass is 446 g/mol. The van der Waals surface area contributed by atoms with Crippen molar-refractivity contribution in [1.82, 2.24) is 10.2 Å². The van der Waals surface area contributed by atoms with E-state index in [2.05, 4.69) is 60.4 Å². The van der Waals surface area contributed by atoms with E-state index in [1.165, 1.54) is 113 Å². The van der Waals surface area contributed by atoms with Gasteiger partial charge in [0.25, 0.3) is 0 Å². The van der Waals surface area contributed by atoms with E-state index in [1.54, 1.807) is 0 Å². The fraction of sp³-hybridized carbons (Fsp3) is 0.677. The van der Waals surface area contributed by atoms with Crippen molar-refractivity contribution in [3.05, 3.63) is 47.7 Å². The van der Waals surface area contributed by atoms with Crippen LogP contribution in [0.1, 0.15) is 133 Å². The zero-order valence-electron chi connectivity index (χ0n) is 21.3. The summed E-state index contributed by atoms with van der Waals surface area (Å²) in [4.78, 5) is 0. The Morgan fingerprint density at radius 2 is 1.30 bits per heavy atom. The first-order valence-corrected chi connectivity index (χ1v) is 14.2. The van der Waals surface area contributed by atoms with E-state index in [0.29, 0.717) is 5.92 Å². The molecule has 0 atom stereocenters. The second kappa shape index (κ2) is 12.7. The van der Waals surface area contributed by atoms with Gasteiger partial charge in [-0.15, -0.1) is 0 Å². The Bertz CT molecular complexity index is 794. The predicted molar refractivity (Wildman–Crippen MR) is 141 cm³/mol. The normalized spacial score (nSPS) is 25.8. The molecule has 1 heterocycles. The zero-order valence-corrected chi connectivity index (χ0v) is 21.3. The highest BCUT2D eigenvalue weighted by Crippen LogP contribution is 2.39. The molecule has 2 aliphatic carbocycles. The maximum absolute atomic E-state index is 4.64. The molecule has 0 N–H and O–H groups in total. The molecule has 180 valence electrons. The number of nitrogens with zero attached hydrogens (tertiary/aromatic N) is 2. The van der Waals surface area contributed by atoms with Gasteiger partial charge in [0.05, 0.1) is 11.4 Å². The molecular formula is C31H46N2. The lowest BCUT2D eigenvalue weighted by atomic mass is 9.77. The predicted octanol–water partition coefficient (Wildman–Crippen LogP) is 9.46. The Hall–Kier alpha value is -1.70. The van der Waals surface area contributed by atoms with Crippen molar-refractivity contribution in [2.24, 2.45) is 11.8 Å². The topological polar surface area (TPSA) is 25.8 Å². The van der Waals surface area contributed by atoms with Gasteiger partial charge in [-0.1, -0.05) is 83.1 Å². The highest BCUT2D eigenvalue weighted by Gasteiger charge is 2.23. The fourth-order valence-electron chi connectivity index (χ4n) is 6.33. The third kappa shape index (κ3) is 6.90. The van der Waals surface area contributed by atoms with Crippen molar-refractivity contribution in [1.29, 1.82) is 0 Å². The molecule has 2 aromatic rings. The smallest absolute Gasteiger partial charge is 0.0929 e. The van der Waals surface area contributed by atoms with Crippen molar-refractivity contribution < 1.29 is 0 Å². The van der Waals surface area contributed by atoms with Crippen LogP contribution in [0, 0.1) is 11.8 Å². The minimum absolute atomic E-state index is 0.614. The maximum Gasteiger partial charge on any atom is 0.0929 e. The van der Waals surface area contributed by atoms with E-state index < -0.39 is 0 Å². The van der Waals surface area contributed by atoms with Crippen LogP contribution in [-0.2, 0) is 0 Å². The fourth-order valence-corrected chi connectivity index (χ4v) is 6.33. The van der Waals surface area contributed by atoms with Crippen LogP contribution >= 0.6 is 0 Å². The van der Waals surface area contributed by atoms with E-state index in [0.717, 1.165) is 23.4 Å². The van der Waals surface area contributed by atoms with Crippen molar-refractivity contribution >= 4 is 0 Å². The molecule has 1 aromatic heterocycles. The Balaban J connectivity index is 1.25. The second-order valence-corrected chi connectivity index (χ2v) is 11.0. The molecule has 0 saturated heterocycles. The van der Waals surface area contributed by atoms with Gasteiger partial charge in [0.15, 0.2) is 0 Å². The third-order valence-electron chi connectivity index (χ3n) is 8.77. The molecule has 0 unspecified atom stereocenters. The number of rotatable bonds is 10. The van der Waals surface area contributed by atoms with Crippen LogP contribution < -0.4 is 0 Å². The molecule has 0 aliphatic heterocycles. The Morgan fingerprint density at radius 1 is 0.636 bits per heavy atom. The third-order valence-corrected chi connectivity index (χ3v) is 8.77. The highest BCUT2D eigenvalue weighted by atomic mass is 15.1. The molecule has 4 rings (SSSR count). The first-order valence-electron chi connectivity index (χ1n) is 14.2. The molecule has 2 fully saturated rings. The number of benzene rings is 1. The van der Waals surface area contributed by atoms with Gasteiger partial charge in [0.1, 0.15) is 0 Å². The molecule has 2 saturated carbocycles. The van der Waals surface area contributed by atoms with Crippen LogP contribution in [0.15, 0.2) is 36.4 Å². The van der Waals surface area contributed by atoms with Gasteiger partial charge in [0, 0.05) is 11.5 Å². The number of hydrogen-bond acceptors (Lipinski definition) is 2. The minimum atomic E-state index is 0.614. The lowest BCUT2D eigenvalue weighted by Crippen LogP contribution is -2.14.